The van der Waals surface area contributed by atoms with Gasteiger partial charge in [0.25, 0.3) is 0 Å². The molecule has 0 saturated heterocycles. The van der Waals surface area contributed by atoms with Crippen LogP contribution in [0.4, 0.5) is 0 Å². The van der Waals surface area contributed by atoms with E-state index in [9.17, 15) is 19.0 Å². The minimum atomic E-state index is -4.38. The highest BCUT2D eigenvalue weighted by atomic mass is 31.2. The molecule has 0 saturated carbocycles. The summed E-state index contributed by atoms with van der Waals surface area (Å²) in [6, 6.07) is 0. The van der Waals surface area contributed by atoms with E-state index in [1.54, 1.807) is 0 Å². The van der Waals surface area contributed by atoms with Crippen LogP contribution in [0.25, 0.3) is 0 Å². The molecule has 0 amide bonds. The fourth-order valence-electron chi connectivity index (χ4n) is 8.19. The second kappa shape index (κ2) is 47.8. The van der Waals surface area contributed by atoms with Gasteiger partial charge < -0.3 is 18.9 Å². The molecular weight excluding hydrogens is 834 g/mol. The molecule has 1 N–H and O–H groups in total. The highest BCUT2D eigenvalue weighted by Gasteiger charge is 2.27. The molecular formula is C55H109NO8P+. The predicted octanol–water partition coefficient (Wildman–Crippen LogP) is 16.9. The molecule has 386 valence electrons. The molecule has 0 aliphatic heterocycles. The van der Waals surface area contributed by atoms with Gasteiger partial charge in [0.1, 0.15) is 19.8 Å². The van der Waals surface area contributed by atoms with E-state index in [0.29, 0.717) is 23.9 Å². The van der Waals surface area contributed by atoms with Gasteiger partial charge in [0.05, 0.1) is 27.7 Å². The Hall–Kier alpha value is -1.25. The van der Waals surface area contributed by atoms with Crippen LogP contribution < -0.4 is 0 Å². The highest BCUT2D eigenvalue weighted by Crippen LogP contribution is 2.43. The predicted molar refractivity (Wildman–Crippen MR) is 275 cm³/mol. The van der Waals surface area contributed by atoms with Crippen molar-refractivity contribution in [1.29, 1.82) is 0 Å². The number of rotatable bonds is 52. The molecule has 9 nitrogen and oxygen atoms in total. The number of likely N-dealkylation sites (N-methyl/N-ethyl adjacent to an activating group) is 1. The lowest BCUT2D eigenvalue weighted by molar-refractivity contribution is -0.870. The Morgan fingerprint density at radius 2 is 0.785 bits per heavy atom. The molecule has 0 heterocycles. The zero-order valence-corrected chi connectivity index (χ0v) is 44.6. The maximum Gasteiger partial charge on any atom is 0.472 e. The maximum atomic E-state index is 12.8. The summed E-state index contributed by atoms with van der Waals surface area (Å²) in [5, 5.41) is 0. The summed E-state index contributed by atoms with van der Waals surface area (Å²) in [5.74, 6) is -0.786. The van der Waals surface area contributed by atoms with Gasteiger partial charge in [-0.25, -0.2) is 4.57 Å². The number of nitrogens with zero attached hydrogens (tertiary/aromatic N) is 1. The Morgan fingerprint density at radius 3 is 1.14 bits per heavy atom. The molecule has 0 aromatic heterocycles. The monoisotopic (exact) mass is 943 g/mol. The van der Waals surface area contributed by atoms with E-state index in [-0.39, 0.29) is 25.6 Å². The van der Waals surface area contributed by atoms with E-state index >= 15 is 0 Å². The van der Waals surface area contributed by atoms with Crippen molar-refractivity contribution in [3.8, 4) is 0 Å². The summed E-state index contributed by atoms with van der Waals surface area (Å²) in [5.41, 5.74) is 0. The SMILES string of the molecule is CCCCCCCC/C=C\CCCCCCCCCC(=O)OC(COC(=O)CCCCCCCCCCCCCCCCCCCCCCCCCC)COP(=O)(O)OCC[N+](C)(C)C. The Morgan fingerprint density at radius 1 is 0.462 bits per heavy atom. The van der Waals surface area contributed by atoms with Crippen LogP contribution in [0.1, 0.15) is 277 Å². The first-order valence-corrected chi connectivity index (χ1v) is 29.4. The molecule has 0 aromatic carbocycles. The van der Waals surface area contributed by atoms with Crippen LogP contribution in [0, 0.1) is 0 Å². The van der Waals surface area contributed by atoms with E-state index in [2.05, 4.69) is 26.0 Å². The zero-order chi connectivity index (χ0) is 47.8. The number of hydrogen-bond donors (Lipinski definition) is 1. The van der Waals surface area contributed by atoms with Gasteiger partial charge in [-0.3, -0.25) is 18.6 Å². The first-order chi connectivity index (χ1) is 31.5. The largest absolute Gasteiger partial charge is 0.472 e. The molecule has 10 heteroatoms. The fraction of sp³-hybridized carbons (Fsp3) is 0.927. The maximum absolute atomic E-state index is 12.8. The average Bonchev–Trinajstić information content (AvgIpc) is 3.26. The molecule has 0 aliphatic rings. The summed E-state index contributed by atoms with van der Waals surface area (Å²) in [4.78, 5) is 35.6. The van der Waals surface area contributed by atoms with E-state index in [1.165, 1.54) is 199 Å². The Balaban J connectivity index is 4.12. The first-order valence-electron chi connectivity index (χ1n) is 27.9. The molecule has 0 fully saturated rings. The van der Waals surface area contributed by atoms with Crippen LogP contribution >= 0.6 is 7.82 Å². The number of allylic oxidation sites excluding steroid dienone is 2. The summed E-state index contributed by atoms with van der Waals surface area (Å²) in [6.07, 6.45) is 54.2. The van der Waals surface area contributed by atoms with Crippen molar-refractivity contribution in [1.82, 2.24) is 0 Å². The van der Waals surface area contributed by atoms with Crippen LogP contribution in [-0.4, -0.2) is 74.9 Å². The lowest BCUT2D eigenvalue weighted by Gasteiger charge is -2.24. The smallest absolute Gasteiger partial charge is 0.462 e. The molecule has 0 spiro atoms. The topological polar surface area (TPSA) is 108 Å². The fourth-order valence-corrected chi connectivity index (χ4v) is 8.93. The summed E-state index contributed by atoms with van der Waals surface area (Å²) < 4.78 is 34.5. The lowest BCUT2D eigenvalue weighted by atomic mass is 10.0. The molecule has 2 atom stereocenters. The number of carbonyl (C=O) groups is 2. The summed E-state index contributed by atoms with van der Waals surface area (Å²) in [7, 11) is 1.49. The Bertz CT molecular complexity index is 1110. The highest BCUT2D eigenvalue weighted by molar-refractivity contribution is 7.47. The van der Waals surface area contributed by atoms with E-state index in [0.717, 1.165) is 44.9 Å². The second-order valence-electron chi connectivity index (χ2n) is 20.3. The van der Waals surface area contributed by atoms with Gasteiger partial charge in [-0.1, -0.05) is 238 Å². The molecule has 0 rings (SSSR count). The van der Waals surface area contributed by atoms with E-state index < -0.39 is 26.5 Å². The Kier molecular flexibility index (Phi) is 46.9. The van der Waals surface area contributed by atoms with Crippen LogP contribution in [0.15, 0.2) is 12.2 Å². The second-order valence-corrected chi connectivity index (χ2v) is 21.8. The minimum absolute atomic E-state index is 0.0344. The Labute approximate surface area is 403 Å². The van der Waals surface area contributed by atoms with E-state index in [1.807, 2.05) is 21.1 Å². The van der Waals surface area contributed by atoms with Crippen molar-refractivity contribution in [3.63, 3.8) is 0 Å². The van der Waals surface area contributed by atoms with Crippen LogP contribution in [0.2, 0.25) is 0 Å². The van der Waals surface area contributed by atoms with Gasteiger partial charge in [0, 0.05) is 12.8 Å². The van der Waals surface area contributed by atoms with Gasteiger partial charge in [-0.15, -0.1) is 0 Å². The number of phosphoric acid groups is 1. The minimum Gasteiger partial charge on any atom is -0.462 e. The van der Waals surface area contributed by atoms with Gasteiger partial charge >= 0.3 is 19.8 Å². The third-order valence-electron chi connectivity index (χ3n) is 12.5. The molecule has 65 heavy (non-hydrogen) atoms. The number of ether oxygens (including phenoxy) is 2. The van der Waals surface area contributed by atoms with E-state index in [4.69, 9.17) is 18.5 Å². The third kappa shape index (κ3) is 52.0. The number of hydrogen-bond acceptors (Lipinski definition) is 7. The van der Waals surface area contributed by atoms with Crippen molar-refractivity contribution >= 4 is 19.8 Å². The third-order valence-corrected chi connectivity index (χ3v) is 13.5. The molecule has 2 unspecified atom stereocenters. The number of unbranched alkanes of at least 4 members (excludes halogenated alkanes) is 36. The summed E-state index contributed by atoms with van der Waals surface area (Å²) in [6.45, 7) is 4.47. The number of esters is 2. The van der Waals surface area contributed by atoms with Crippen LogP contribution in [0.3, 0.4) is 0 Å². The standard InChI is InChI=1S/C55H108NO8P/c1-6-8-10-12-14-16-18-20-22-24-25-26-27-28-29-30-32-33-35-37-39-41-43-45-47-54(57)61-51-53(52-63-65(59,60)62-50-49-56(3,4)5)64-55(58)48-46-44-42-40-38-36-34-31-23-21-19-17-15-13-11-9-7-2/h21,23,53H,6-20,22,24-52H2,1-5H3/p+1/b23-21-. The van der Waals surface area contributed by atoms with Crippen molar-refractivity contribution in [2.45, 2.75) is 283 Å². The lowest BCUT2D eigenvalue weighted by Crippen LogP contribution is -2.37. The van der Waals surface area contributed by atoms with Crippen molar-refractivity contribution in [3.05, 3.63) is 12.2 Å². The first kappa shape index (κ1) is 63.8. The van der Waals surface area contributed by atoms with Crippen molar-refractivity contribution in [2.24, 2.45) is 0 Å². The van der Waals surface area contributed by atoms with Crippen LogP contribution in [0.5, 0.6) is 0 Å². The van der Waals surface area contributed by atoms with Gasteiger partial charge in [0.15, 0.2) is 6.10 Å². The quantitative estimate of drug-likeness (QED) is 0.0211. The normalized spacial score (nSPS) is 13.4. The van der Waals surface area contributed by atoms with Gasteiger partial charge in [-0.2, -0.15) is 0 Å². The average molecular weight is 943 g/mol. The zero-order valence-electron chi connectivity index (χ0n) is 43.8. The molecule has 0 aliphatic carbocycles. The number of quaternary nitrogens is 1. The molecule has 0 bridgehead atoms. The van der Waals surface area contributed by atoms with Gasteiger partial charge in [0.2, 0.25) is 0 Å². The van der Waals surface area contributed by atoms with Crippen molar-refractivity contribution < 1.29 is 42.1 Å². The number of carbonyl (C=O) groups excluding carboxylic acids is 2. The molecule has 0 aromatic rings. The number of phosphoric ester groups is 1. The molecule has 0 radical (unpaired) electrons. The van der Waals surface area contributed by atoms with Crippen LogP contribution in [-0.2, 0) is 32.7 Å². The van der Waals surface area contributed by atoms with Crippen molar-refractivity contribution in [2.75, 3.05) is 47.5 Å². The van der Waals surface area contributed by atoms with Gasteiger partial charge in [-0.05, 0) is 38.5 Å². The summed E-state index contributed by atoms with van der Waals surface area (Å²) >= 11 is 0.